The van der Waals surface area contributed by atoms with E-state index in [0.717, 1.165) is 11.1 Å². The zero-order valence-corrected chi connectivity index (χ0v) is 11.4. The van der Waals surface area contributed by atoms with Crippen molar-refractivity contribution in [1.82, 2.24) is 0 Å². The van der Waals surface area contributed by atoms with Crippen LogP contribution in [0.4, 0.5) is 0 Å². The molecule has 2 aromatic rings. The minimum Gasteiger partial charge on any atom is -0.481 e. The zero-order valence-electron chi connectivity index (χ0n) is 11.4. The zero-order chi connectivity index (χ0) is 15.1. The Morgan fingerprint density at radius 1 is 1.10 bits per heavy atom. The number of nitro groups is 1. The minimum absolute atomic E-state index is 0.144. The van der Waals surface area contributed by atoms with Crippen molar-refractivity contribution >= 4 is 0 Å². The normalized spacial score (nSPS) is 11.4. The van der Waals surface area contributed by atoms with Crippen molar-refractivity contribution in [2.45, 2.75) is 5.92 Å². The van der Waals surface area contributed by atoms with E-state index in [0.29, 0.717) is 5.75 Å². The second-order valence-corrected chi connectivity index (χ2v) is 4.54. The Morgan fingerprint density at radius 3 is 2.29 bits per heavy atom. The first-order valence-electron chi connectivity index (χ1n) is 6.53. The molecule has 0 spiro atoms. The van der Waals surface area contributed by atoms with E-state index in [1.165, 1.54) is 0 Å². The molecule has 1 unspecified atom stereocenters. The number of nitrogens with zero attached hydrogens (tertiary/aromatic N) is 1. The number of rotatable bonds is 6. The average Bonchev–Trinajstić information content (AvgIpc) is 2.52. The molecule has 4 nitrogen and oxygen atoms in total. The van der Waals surface area contributed by atoms with Crippen LogP contribution in [0.25, 0.3) is 0 Å². The van der Waals surface area contributed by atoms with E-state index in [2.05, 4.69) is 5.92 Å². The lowest BCUT2D eigenvalue weighted by Gasteiger charge is -2.14. The molecular formula is C17H15NO3. The molecule has 0 N–H and O–H groups in total. The molecule has 2 aromatic carbocycles. The number of ether oxygens (including phenoxy) is 1. The lowest BCUT2D eigenvalue weighted by Crippen LogP contribution is -2.13. The van der Waals surface area contributed by atoms with Crippen molar-refractivity contribution in [2.24, 2.45) is 0 Å². The third-order valence-corrected chi connectivity index (χ3v) is 3.14. The molecule has 21 heavy (non-hydrogen) atoms. The van der Waals surface area contributed by atoms with Crippen LogP contribution in [0.2, 0.25) is 0 Å². The summed E-state index contributed by atoms with van der Waals surface area (Å²) in [5, 5.41) is 10.9. The fourth-order valence-corrected chi connectivity index (χ4v) is 2.16. The Labute approximate surface area is 123 Å². The summed E-state index contributed by atoms with van der Waals surface area (Å²) in [4.78, 5) is 10.6. The fraction of sp³-hybridized carbons (Fsp3) is 0.176. The third kappa shape index (κ3) is 4.08. The van der Waals surface area contributed by atoms with Gasteiger partial charge in [0.25, 0.3) is 0 Å². The summed E-state index contributed by atoms with van der Waals surface area (Å²) < 4.78 is 5.31. The molecule has 0 radical (unpaired) electrons. The molecule has 0 heterocycles. The van der Waals surface area contributed by atoms with E-state index >= 15 is 0 Å². The maximum Gasteiger partial charge on any atom is 0.214 e. The summed E-state index contributed by atoms with van der Waals surface area (Å²) in [5.41, 5.74) is 1.80. The minimum atomic E-state index is -0.291. The van der Waals surface area contributed by atoms with Gasteiger partial charge in [0.15, 0.2) is 0 Å². The highest BCUT2D eigenvalue weighted by Gasteiger charge is 2.19. The van der Waals surface area contributed by atoms with Gasteiger partial charge in [0, 0.05) is 4.92 Å². The van der Waals surface area contributed by atoms with Crippen molar-refractivity contribution in [2.75, 3.05) is 13.2 Å². The van der Waals surface area contributed by atoms with E-state index in [1.807, 2.05) is 42.5 Å². The van der Waals surface area contributed by atoms with Gasteiger partial charge in [0.2, 0.25) is 6.54 Å². The molecular weight excluding hydrogens is 266 g/mol. The summed E-state index contributed by atoms with van der Waals surface area (Å²) in [6.45, 7) is 0.0604. The first-order valence-corrected chi connectivity index (χ1v) is 6.53. The fourth-order valence-electron chi connectivity index (χ4n) is 2.16. The van der Waals surface area contributed by atoms with Crippen LogP contribution in [-0.4, -0.2) is 18.1 Å². The van der Waals surface area contributed by atoms with Gasteiger partial charge >= 0.3 is 0 Å². The standard InChI is InChI=1S/C17H15NO3/c1-2-12-21-16-10-8-15(9-11-16)17(13-18(19)20)14-6-4-3-5-7-14/h1,3-11,17H,12-13H2. The molecule has 0 saturated heterocycles. The maximum atomic E-state index is 10.9. The highest BCUT2D eigenvalue weighted by atomic mass is 16.6. The quantitative estimate of drug-likeness (QED) is 0.464. The van der Waals surface area contributed by atoms with Crippen LogP contribution in [0.5, 0.6) is 5.75 Å². The highest BCUT2D eigenvalue weighted by Crippen LogP contribution is 2.26. The molecule has 0 aliphatic carbocycles. The molecule has 0 bridgehead atoms. The molecule has 0 saturated carbocycles. The number of benzene rings is 2. The number of hydrogen-bond acceptors (Lipinski definition) is 3. The second-order valence-electron chi connectivity index (χ2n) is 4.54. The molecule has 4 heteroatoms. The topological polar surface area (TPSA) is 52.4 Å². The Hall–Kier alpha value is -2.80. The van der Waals surface area contributed by atoms with Crippen LogP contribution in [0.1, 0.15) is 17.0 Å². The van der Waals surface area contributed by atoms with E-state index in [4.69, 9.17) is 11.2 Å². The number of hydrogen-bond donors (Lipinski definition) is 0. The predicted octanol–water partition coefficient (Wildman–Crippen LogP) is 3.11. The van der Waals surface area contributed by atoms with Gasteiger partial charge in [-0.1, -0.05) is 48.4 Å². The van der Waals surface area contributed by atoms with Crippen molar-refractivity contribution < 1.29 is 9.66 Å². The third-order valence-electron chi connectivity index (χ3n) is 3.14. The summed E-state index contributed by atoms with van der Waals surface area (Å²) in [7, 11) is 0. The van der Waals surface area contributed by atoms with E-state index in [-0.39, 0.29) is 24.0 Å². The van der Waals surface area contributed by atoms with Gasteiger partial charge < -0.3 is 4.74 Å². The molecule has 0 fully saturated rings. The van der Waals surface area contributed by atoms with E-state index in [9.17, 15) is 10.1 Å². The predicted molar refractivity (Wildman–Crippen MR) is 80.9 cm³/mol. The smallest absolute Gasteiger partial charge is 0.214 e. The van der Waals surface area contributed by atoms with Gasteiger partial charge in [-0.15, -0.1) is 6.42 Å². The molecule has 2 rings (SSSR count). The molecule has 0 aliphatic heterocycles. The second kappa shape index (κ2) is 7.11. The van der Waals surface area contributed by atoms with Crippen molar-refractivity contribution in [1.29, 1.82) is 0 Å². The van der Waals surface area contributed by atoms with E-state index < -0.39 is 0 Å². The van der Waals surface area contributed by atoms with Gasteiger partial charge in [-0.2, -0.15) is 0 Å². The van der Waals surface area contributed by atoms with Gasteiger partial charge in [0.1, 0.15) is 12.4 Å². The maximum absolute atomic E-state index is 10.9. The van der Waals surface area contributed by atoms with E-state index in [1.54, 1.807) is 12.1 Å². The Balaban J connectivity index is 2.25. The summed E-state index contributed by atoms with van der Waals surface area (Å²) in [6.07, 6.45) is 5.14. The van der Waals surface area contributed by atoms with Crippen LogP contribution in [0.15, 0.2) is 54.6 Å². The average molecular weight is 281 g/mol. The van der Waals surface area contributed by atoms with Gasteiger partial charge in [0.05, 0.1) is 5.92 Å². The van der Waals surface area contributed by atoms with Crippen molar-refractivity contribution in [3.8, 4) is 18.1 Å². The van der Waals surface area contributed by atoms with Crippen LogP contribution < -0.4 is 4.74 Å². The Kier molecular flexibility index (Phi) is 4.94. The molecule has 0 aromatic heterocycles. The van der Waals surface area contributed by atoms with Crippen LogP contribution in [0, 0.1) is 22.5 Å². The summed E-state index contributed by atoms with van der Waals surface area (Å²) >= 11 is 0. The van der Waals surface area contributed by atoms with Crippen molar-refractivity contribution in [3.63, 3.8) is 0 Å². The van der Waals surface area contributed by atoms with Gasteiger partial charge in [-0.25, -0.2) is 0 Å². The highest BCUT2D eigenvalue weighted by molar-refractivity contribution is 5.36. The van der Waals surface area contributed by atoms with Gasteiger partial charge in [-0.3, -0.25) is 10.1 Å². The first-order chi connectivity index (χ1) is 10.2. The number of terminal acetylenes is 1. The lowest BCUT2D eigenvalue weighted by molar-refractivity contribution is -0.481. The SMILES string of the molecule is C#CCOc1ccc(C(C[N+](=O)[O-])c2ccccc2)cc1. The molecule has 1 atom stereocenters. The van der Waals surface area contributed by atoms with Crippen molar-refractivity contribution in [3.05, 3.63) is 75.8 Å². The largest absolute Gasteiger partial charge is 0.481 e. The Bertz CT molecular complexity index is 629. The van der Waals surface area contributed by atoms with Crippen LogP contribution >= 0.6 is 0 Å². The first kappa shape index (κ1) is 14.6. The molecule has 106 valence electrons. The van der Waals surface area contributed by atoms with Gasteiger partial charge in [-0.05, 0) is 23.3 Å². The monoisotopic (exact) mass is 281 g/mol. The molecule has 0 amide bonds. The Morgan fingerprint density at radius 2 is 1.71 bits per heavy atom. The van der Waals surface area contributed by atoms with Crippen LogP contribution in [0.3, 0.4) is 0 Å². The molecule has 0 aliphatic rings. The summed E-state index contributed by atoms with van der Waals surface area (Å²) in [6, 6.07) is 16.7. The van der Waals surface area contributed by atoms with Crippen LogP contribution in [-0.2, 0) is 0 Å². The lowest BCUT2D eigenvalue weighted by atomic mass is 9.91. The summed E-state index contributed by atoms with van der Waals surface area (Å²) in [5.74, 6) is 2.78.